The molecule has 0 fully saturated rings. The van der Waals surface area contributed by atoms with Crippen LogP contribution in [0, 0.1) is 13.8 Å². The minimum absolute atomic E-state index is 0.257. The van der Waals surface area contributed by atoms with Crippen LogP contribution in [0.15, 0.2) is 18.2 Å². The van der Waals surface area contributed by atoms with Crippen molar-refractivity contribution in [2.75, 3.05) is 0 Å². The summed E-state index contributed by atoms with van der Waals surface area (Å²) in [4.78, 5) is 11.0. The number of hydrogen-bond donors (Lipinski definition) is 1. The van der Waals surface area contributed by atoms with E-state index in [1.54, 1.807) is 12.1 Å². The highest BCUT2D eigenvalue weighted by atomic mass is 32.2. The summed E-state index contributed by atoms with van der Waals surface area (Å²) in [5.41, 5.74) is 2.69. The van der Waals surface area contributed by atoms with Crippen LogP contribution in [0.25, 0.3) is 0 Å². The SMILES string of the molecule is Cc1ccc(CS(=O)(=O)C(C)(C)C(=O)O)cc1C. The highest BCUT2D eigenvalue weighted by Crippen LogP contribution is 2.22. The van der Waals surface area contributed by atoms with Gasteiger partial charge in [-0.15, -0.1) is 0 Å². The highest BCUT2D eigenvalue weighted by Gasteiger charge is 2.41. The number of hydrogen-bond acceptors (Lipinski definition) is 3. The molecule has 100 valence electrons. The second-order valence-corrected chi connectivity index (χ2v) is 7.53. The number of carbonyl (C=O) groups is 1. The van der Waals surface area contributed by atoms with Crippen molar-refractivity contribution in [3.05, 3.63) is 34.9 Å². The Kier molecular flexibility index (Phi) is 3.86. The molecule has 0 aromatic heterocycles. The van der Waals surface area contributed by atoms with Gasteiger partial charge >= 0.3 is 5.97 Å². The first kappa shape index (κ1) is 14.7. The second kappa shape index (κ2) is 4.72. The molecule has 0 bridgehead atoms. The van der Waals surface area contributed by atoms with E-state index in [2.05, 4.69) is 0 Å². The van der Waals surface area contributed by atoms with E-state index < -0.39 is 20.6 Å². The molecule has 0 aliphatic rings. The maximum absolute atomic E-state index is 12.1. The van der Waals surface area contributed by atoms with Crippen molar-refractivity contribution in [3.63, 3.8) is 0 Å². The molecule has 1 N–H and O–H groups in total. The zero-order chi connectivity index (χ0) is 14.1. The van der Waals surface area contributed by atoms with Gasteiger partial charge in [-0.3, -0.25) is 4.79 Å². The predicted molar refractivity (Wildman–Crippen MR) is 70.3 cm³/mol. The molecule has 0 spiro atoms. The predicted octanol–water partition coefficient (Wildman–Crippen LogP) is 2.08. The van der Waals surface area contributed by atoms with E-state index in [0.717, 1.165) is 11.1 Å². The number of benzene rings is 1. The molecule has 1 aromatic rings. The fraction of sp³-hybridized carbons (Fsp3) is 0.462. The average Bonchev–Trinajstić information content (AvgIpc) is 2.22. The smallest absolute Gasteiger partial charge is 0.324 e. The summed E-state index contributed by atoms with van der Waals surface area (Å²) in [7, 11) is -3.74. The largest absolute Gasteiger partial charge is 0.480 e. The maximum Gasteiger partial charge on any atom is 0.324 e. The van der Waals surface area contributed by atoms with Crippen molar-refractivity contribution in [2.45, 2.75) is 38.2 Å². The average molecular weight is 270 g/mol. The molecule has 18 heavy (non-hydrogen) atoms. The van der Waals surface area contributed by atoms with Gasteiger partial charge in [-0.2, -0.15) is 0 Å². The molecule has 5 heteroatoms. The molecule has 0 atom stereocenters. The molecule has 0 saturated carbocycles. The molecule has 0 aliphatic carbocycles. The zero-order valence-corrected chi connectivity index (χ0v) is 11.8. The van der Waals surface area contributed by atoms with Crippen LogP contribution >= 0.6 is 0 Å². The van der Waals surface area contributed by atoms with Gasteiger partial charge in [0.1, 0.15) is 0 Å². The van der Waals surface area contributed by atoms with E-state index in [9.17, 15) is 13.2 Å². The molecule has 4 nitrogen and oxygen atoms in total. The molecular weight excluding hydrogens is 252 g/mol. The second-order valence-electron chi connectivity index (χ2n) is 4.99. The lowest BCUT2D eigenvalue weighted by Gasteiger charge is -2.19. The van der Waals surface area contributed by atoms with Crippen molar-refractivity contribution in [1.82, 2.24) is 0 Å². The van der Waals surface area contributed by atoms with E-state index in [1.165, 1.54) is 13.8 Å². The first-order valence-corrected chi connectivity index (χ1v) is 7.25. The van der Waals surface area contributed by atoms with Crippen LogP contribution in [-0.4, -0.2) is 24.2 Å². The molecule has 0 heterocycles. The van der Waals surface area contributed by atoms with E-state index in [0.29, 0.717) is 5.56 Å². The molecule has 1 aromatic carbocycles. The van der Waals surface area contributed by atoms with E-state index in [1.807, 2.05) is 19.9 Å². The summed E-state index contributed by atoms with van der Waals surface area (Å²) in [6, 6.07) is 5.34. The van der Waals surface area contributed by atoms with Crippen LogP contribution in [0.3, 0.4) is 0 Å². The molecule has 0 unspecified atom stereocenters. The Morgan fingerprint density at radius 2 is 1.78 bits per heavy atom. The Morgan fingerprint density at radius 3 is 2.22 bits per heavy atom. The van der Waals surface area contributed by atoms with Crippen molar-refractivity contribution < 1.29 is 18.3 Å². The van der Waals surface area contributed by atoms with Gasteiger partial charge < -0.3 is 5.11 Å². The van der Waals surface area contributed by atoms with Gasteiger partial charge in [0.15, 0.2) is 14.6 Å². The highest BCUT2D eigenvalue weighted by molar-refractivity contribution is 7.92. The van der Waals surface area contributed by atoms with Crippen LogP contribution in [-0.2, 0) is 20.4 Å². The maximum atomic E-state index is 12.1. The first-order valence-electron chi connectivity index (χ1n) is 5.60. The number of carboxylic acids is 1. The van der Waals surface area contributed by atoms with E-state index in [4.69, 9.17) is 5.11 Å². The standard InChI is InChI=1S/C13H18O4S/c1-9-5-6-11(7-10(9)2)8-18(16,17)13(3,4)12(14)15/h5-7H,8H2,1-4H3,(H,14,15). The third kappa shape index (κ3) is 2.72. The topological polar surface area (TPSA) is 71.4 Å². The minimum Gasteiger partial charge on any atom is -0.480 e. The third-order valence-corrected chi connectivity index (χ3v) is 5.66. The number of rotatable bonds is 4. The van der Waals surface area contributed by atoms with Crippen LogP contribution in [0.4, 0.5) is 0 Å². The van der Waals surface area contributed by atoms with E-state index >= 15 is 0 Å². The Morgan fingerprint density at radius 1 is 1.22 bits per heavy atom. The molecule has 0 saturated heterocycles. The molecule has 1 rings (SSSR count). The third-order valence-electron chi connectivity index (χ3n) is 3.22. The van der Waals surface area contributed by atoms with Crippen LogP contribution < -0.4 is 0 Å². The van der Waals surface area contributed by atoms with Gasteiger partial charge in [-0.1, -0.05) is 18.2 Å². The zero-order valence-electron chi connectivity index (χ0n) is 11.0. The van der Waals surface area contributed by atoms with Crippen LogP contribution in [0.2, 0.25) is 0 Å². The Hall–Kier alpha value is -1.36. The van der Waals surface area contributed by atoms with Crippen molar-refractivity contribution in [3.8, 4) is 0 Å². The Bertz CT molecular complexity index is 571. The summed E-state index contributed by atoms with van der Waals surface area (Å²) in [6.45, 7) is 6.26. The van der Waals surface area contributed by atoms with Gasteiger partial charge in [0.25, 0.3) is 0 Å². The quantitative estimate of drug-likeness (QED) is 0.909. The fourth-order valence-electron chi connectivity index (χ4n) is 1.43. The van der Waals surface area contributed by atoms with Gasteiger partial charge in [0.2, 0.25) is 0 Å². The molecule has 0 amide bonds. The van der Waals surface area contributed by atoms with Crippen molar-refractivity contribution in [2.24, 2.45) is 0 Å². The molecular formula is C13H18O4S. The fourth-order valence-corrected chi connectivity index (χ4v) is 2.67. The van der Waals surface area contributed by atoms with Crippen molar-refractivity contribution in [1.29, 1.82) is 0 Å². The normalized spacial score (nSPS) is 12.4. The number of aliphatic carboxylic acids is 1. The lowest BCUT2D eigenvalue weighted by molar-refractivity contribution is -0.139. The van der Waals surface area contributed by atoms with Gasteiger partial charge in [-0.05, 0) is 44.4 Å². The van der Waals surface area contributed by atoms with Gasteiger partial charge in [0.05, 0.1) is 5.75 Å². The summed E-state index contributed by atoms with van der Waals surface area (Å²) in [5, 5.41) is 8.97. The van der Waals surface area contributed by atoms with E-state index in [-0.39, 0.29) is 5.75 Å². The number of sulfone groups is 1. The number of carboxylic acid groups (broad SMARTS) is 1. The van der Waals surface area contributed by atoms with Crippen molar-refractivity contribution >= 4 is 15.8 Å². The minimum atomic E-state index is -3.74. The van der Waals surface area contributed by atoms with Gasteiger partial charge in [-0.25, -0.2) is 8.42 Å². The summed E-state index contributed by atoms with van der Waals surface area (Å²) in [6.07, 6.45) is 0. The Balaban J connectivity index is 3.10. The molecule has 0 aliphatic heterocycles. The molecule has 0 radical (unpaired) electrons. The number of aryl methyl sites for hydroxylation is 2. The summed E-state index contributed by atoms with van der Waals surface area (Å²) in [5.74, 6) is -1.58. The summed E-state index contributed by atoms with van der Waals surface area (Å²) < 4.78 is 22.4. The van der Waals surface area contributed by atoms with Crippen LogP contribution in [0.1, 0.15) is 30.5 Å². The van der Waals surface area contributed by atoms with Gasteiger partial charge in [0, 0.05) is 0 Å². The first-order chi connectivity index (χ1) is 8.08. The lowest BCUT2D eigenvalue weighted by atomic mass is 10.1. The lowest BCUT2D eigenvalue weighted by Crippen LogP contribution is -2.41. The van der Waals surface area contributed by atoms with Crippen LogP contribution in [0.5, 0.6) is 0 Å². The summed E-state index contributed by atoms with van der Waals surface area (Å²) >= 11 is 0. The Labute approximate surface area is 108 Å². The monoisotopic (exact) mass is 270 g/mol.